The van der Waals surface area contributed by atoms with E-state index in [1.165, 1.54) is 18.9 Å². The predicted octanol–water partition coefficient (Wildman–Crippen LogP) is -0.806. The zero-order valence-corrected chi connectivity index (χ0v) is 9.62. The summed E-state index contributed by atoms with van der Waals surface area (Å²) in [7, 11) is 2.97. The molecule has 0 aromatic carbocycles. The van der Waals surface area contributed by atoms with Gasteiger partial charge in [-0.15, -0.1) is 11.8 Å². The van der Waals surface area contributed by atoms with Gasteiger partial charge in [0.1, 0.15) is 6.04 Å². The van der Waals surface area contributed by atoms with Gasteiger partial charge in [0.2, 0.25) is 0 Å². The summed E-state index contributed by atoms with van der Waals surface area (Å²) in [6, 6.07) is -0.654. The van der Waals surface area contributed by atoms with Gasteiger partial charge in [-0.2, -0.15) is 0 Å². The van der Waals surface area contributed by atoms with Gasteiger partial charge in [0, 0.05) is 11.6 Å². The van der Waals surface area contributed by atoms with Crippen LogP contribution in [0, 0.1) is 0 Å². The van der Waals surface area contributed by atoms with E-state index in [4.69, 9.17) is 10.8 Å². The monoisotopic (exact) mass is 236 g/mol. The third kappa shape index (κ3) is 7.18. The van der Waals surface area contributed by atoms with Gasteiger partial charge in [-0.25, -0.2) is 0 Å². The molecule has 0 unspecified atom stereocenters. The first-order valence-corrected chi connectivity index (χ1v) is 5.44. The predicted molar refractivity (Wildman–Crippen MR) is 57.6 cm³/mol. The Labute approximate surface area is 92.7 Å². The van der Waals surface area contributed by atoms with Crippen LogP contribution in [-0.4, -0.2) is 60.3 Å². The molecule has 0 aliphatic carbocycles. The number of rotatable bonds is 7. The normalized spacial score (nSPS) is 12.5. The first-order valence-electron chi connectivity index (χ1n) is 4.29. The molecule has 0 heterocycles. The second kappa shape index (κ2) is 7.49. The second-order valence-electron chi connectivity index (χ2n) is 3.04. The van der Waals surface area contributed by atoms with Gasteiger partial charge in [0.25, 0.3) is 0 Å². The fourth-order valence-corrected chi connectivity index (χ4v) is 1.73. The van der Waals surface area contributed by atoms with Crippen molar-refractivity contribution in [1.82, 2.24) is 4.90 Å². The van der Waals surface area contributed by atoms with E-state index in [0.29, 0.717) is 11.6 Å². The van der Waals surface area contributed by atoms with Crippen LogP contribution in [0.2, 0.25) is 0 Å². The number of carboxylic acids is 1. The number of ether oxygens (including phenoxy) is 1. The van der Waals surface area contributed by atoms with Gasteiger partial charge in [0.05, 0.1) is 13.7 Å². The van der Waals surface area contributed by atoms with Gasteiger partial charge in [-0.3, -0.25) is 14.5 Å². The minimum absolute atomic E-state index is 0.0273. The topological polar surface area (TPSA) is 92.9 Å². The number of carboxylic acid groups (broad SMARTS) is 1. The van der Waals surface area contributed by atoms with E-state index in [1.807, 2.05) is 0 Å². The highest BCUT2D eigenvalue weighted by Gasteiger charge is 2.13. The van der Waals surface area contributed by atoms with Crippen molar-refractivity contribution in [2.75, 3.05) is 32.3 Å². The van der Waals surface area contributed by atoms with Crippen molar-refractivity contribution < 1.29 is 19.4 Å². The average molecular weight is 236 g/mol. The lowest BCUT2D eigenvalue weighted by molar-refractivity contribution is -0.141. The van der Waals surface area contributed by atoms with Crippen molar-refractivity contribution in [2.45, 2.75) is 6.04 Å². The van der Waals surface area contributed by atoms with Crippen molar-refractivity contribution in [1.29, 1.82) is 0 Å². The van der Waals surface area contributed by atoms with Crippen LogP contribution in [0.25, 0.3) is 0 Å². The lowest BCUT2D eigenvalue weighted by Gasteiger charge is -2.14. The highest BCUT2D eigenvalue weighted by atomic mass is 32.2. The number of methoxy groups -OCH3 is 1. The van der Waals surface area contributed by atoms with Gasteiger partial charge in [-0.05, 0) is 7.05 Å². The summed E-state index contributed by atoms with van der Waals surface area (Å²) in [5, 5.41) is 8.47. The Morgan fingerprint density at radius 3 is 2.67 bits per heavy atom. The van der Waals surface area contributed by atoms with Gasteiger partial charge < -0.3 is 15.6 Å². The third-order valence-corrected chi connectivity index (χ3v) is 2.74. The molecular formula is C8H16N2O4S. The molecule has 7 heteroatoms. The molecule has 88 valence electrons. The fourth-order valence-electron chi connectivity index (χ4n) is 0.831. The Bertz CT molecular complexity index is 225. The Kier molecular flexibility index (Phi) is 7.10. The molecule has 6 nitrogen and oxygen atoms in total. The number of aliphatic carboxylic acids is 1. The molecule has 0 amide bonds. The molecule has 15 heavy (non-hydrogen) atoms. The molecule has 0 spiro atoms. The number of thioether (sulfide) groups is 1. The number of esters is 1. The molecule has 0 aliphatic rings. The number of nitrogens with zero attached hydrogens (tertiary/aromatic N) is 1. The lowest BCUT2D eigenvalue weighted by atomic mass is 10.4. The van der Waals surface area contributed by atoms with Crippen LogP contribution in [-0.2, 0) is 14.3 Å². The molecule has 3 N–H and O–H groups in total. The molecular weight excluding hydrogens is 220 g/mol. The lowest BCUT2D eigenvalue weighted by Crippen LogP contribution is -2.35. The number of carbonyl (C=O) groups excluding carboxylic acids is 1. The van der Waals surface area contributed by atoms with E-state index >= 15 is 0 Å². The van der Waals surface area contributed by atoms with Crippen LogP contribution in [0.15, 0.2) is 0 Å². The van der Waals surface area contributed by atoms with Crippen LogP contribution < -0.4 is 5.73 Å². The Morgan fingerprint density at radius 1 is 1.60 bits per heavy atom. The molecule has 0 rings (SSSR count). The summed E-state index contributed by atoms with van der Waals surface area (Å²) < 4.78 is 4.45. The summed E-state index contributed by atoms with van der Waals surface area (Å²) in [5.41, 5.74) is 5.48. The summed E-state index contributed by atoms with van der Waals surface area (Å²) in [6.07, 6.45) is 0. The molecule has 0 saturated heterocycles. The van der Waals surface area contributed by atoms with E-state index in [2.05, 4.69) is 4.74 Å². The zero-order chi connectivity index (χ0) is 11.8. The van der Waals surface area contributed by atoms with Crippen molar-refractivity contribution >= 4 is 23.7 Å². The largest absolute Gasteiger partial charge is 0.480 e. The van der Waals surface area contributed by atoms with E-state index in [-0.39, 0.29) is 6.54 Å². The summed E-state index contributed by atoms with van der Waals surface area (Å²) in [4.78, 5) is 22.8. The first kappa shape index (κ1) is 14.2. The average Bonchev–Trinajstić information content (AvgIpc) is 2.15. The number of carbonyl (C=O) groups is 2. The standard InChI is InChI=1S/C8H16N2O4S/c1-10(3-7(11)12)5-15-4-6(9)8(13)14-2/h6H,3-5,9H2,1-2H3,(H,11,12)/t6-/m0/s1. The fraction of sp³-hybridized carbons (Fsp3) is 0.750. The minimum Gasteiger partial charge on any atom is -0.480 e. The Balaban J connectivity index is 3.60. The number of nitrogens with two attached hydrogens (primary N) is 1. The summed E-state index contributed by atoms with van der Waals surface area (Å²) >= 11 is 1.39. The first-order chi connectivity index (χ1) is 6.97. The van der Waals surface area contributed by atoms with Gasteiger partial charge in [-0.1, -0.05) is 0 Å². The van der Waals surface area contributed by atoms with Crippen LogP contribution in [0.3, 0.4) is 0 Å². The second-order valence-corrected chi connectivity index (χ2v) is 4.04. The van der Waals surface area contributed by atoms with E-state index in [0.717, 1.165) is 0 Å². The van der Waals surface area contributed by atoms with Crippen LogP contribution >= 0.6 is 11.8 Å². The molecule has 0 bridgehead atoms. The van der Waals surface area contributed by atoms with Gasteiger partial charge in [0.15, 0.2) is 0 Å². The Hall–Kier alpha value is -0.790. The van der Waals surface area contributed by atoms with E-state index < -0.39 is 18.0 Å². The van der Waals surface area contributed by atoms with Crippen molar-refractivity contribution in [3.63, 3.8) is 0 Å². The van der Waals surface area contributed by atoms with Crippen LogP contribution in [0.1, 0.15) is 0 Å². The molecule has 0 radical (unpaired) electrons. The van der Waals surface area contributed by atoms with Crippen molar-refractivity contribution in [2.24, 2.45) is 5.73 Å². The Morgan fingerprint density at radius 2 is 2.20 bits per heavy atom. The quantitative estimate of drug-likeness (QED) is 0.441. The van der Waals surface area contributed by atoms with Gasteiger partial charge >= 0.3 is 11.9 Å². The van der Waals surface area contributed by atoms with Crippen LogP contribution in [0.5, 0.6) is 0 Å². The van der Waals surface area contributed by atoms with Crippen LogP contribution in [0.4, 0.5) is 0 Å². The highest BCUT2D eigenvalue weighted by molar-refractivity contribution is 7.99. The third-order valence-electron chi connectivity index (χ3n) is 1.52. The maximum Gasteiger partial charge on any atom is 0.323 e. The van der Waals surface area contributed by atoms with E-state index in [9.17, 15) is 9.59 Å². The summed E-state index contributed by atoms with van der Waals surface area (Å²) in [5.74, 6) is -0.410. The molecule has 0 saturated carbocycles. The highest BCUT2D eigenvalue weighted by Crippen LogP contribution is 2.04. The molecule has 1 atom stereocenters. The molecule has 0 aliphatic heterocycles. The summed E-state index contributed by atoms with van der Waals surface area (Å²) in [6.45, 7) is -0.0273. The zero-order valence-electron chi connectivity index (χ0n) is 8.80. The van der Waals surface area contributed by atoms with Crippen molar-refractivity contribution in [3.05, 3.63) is 0 Å². The molecule has 0 aromatic rings. The number of likely N-dealkylation sites (N-methyl/N-ethyl adjacent to an activating group) is 1. The SMILES string of the molecule is COC(=O)[C@@H](N)CSCN(C)CC(=O)O. The van der Waals surface area contributed by atoms with Crippen molar-refractivity contribution in [3.8, 4) is 0 Å². The molecule has 0 aromatic heterocycles. The molecule has 0 fully saturated rings. The number of hydrogen-bond donors (Lipinski definition) is 2. The van der Waals surface area contributed by atoms with E-state index in [1.54, 1.807) is 11.9 Å². The maximum absolute atomic E-state index is 10.9. The maximum atomic E-state index is 10.9. The number of hydrogen-bond acceptors (Lipinski definition) is 6. The smallest absolute Gasteiger partial charge is 0.323 e. The minimum atomic E-state index is -0.879.